The molecule has 0 unspecified atom stereocenters. The Morgan fingerprint density at radius 1 is 1.07 bits per heavy atom. The van der Waals surface area contributed by atoms with E-state index in [2.05, 4.69) is 0 Å². The maximum atomic E-state index is 10.1. The van der Waals surface area contributed by atoms with Crippen molar-refractivity contribution >= 4 is 12.3 Å². The van der Waals surface area contributed by atoms with Gasteiger partial charge in [0, 0.05) is 12.8 Å². The van der Waals surface area contributed by atoms with Gasteiger partial charge in [0.2, 0.25) is 0 Å². The van der Waals surface area contributed by atoms with E-state index in [4.69, 9.17) is 5.11 Å². The smallest absolute Gasteiger partial charge is 0.303 e. The van der Waals surface area contributed by atoms with E-state index in [1.165, 1.54) is 0 Å². The van der Waals surface area contributed by atoms with Crippen LogP contribution in [-0.2, 0) is 9.59 Å². The molecule has 14 heavy (non-hydrogen) atoms. The molecule has 3 nitrogen and oxygen atoms in total. The van der Waals surface area contributed by atoms with Crippen molar-refractivity contribution < 1.29 is 14.7 Å². The zero-order chi connectivity index (χ0) is 10.6. The fourth-order valence-electron chi connectivity index (χ4n) is 0.912. The minimum atomic E-state index is -0.746. The van der Waals surface area contributed by atoms with E-state index in [-0.39, 0.29) is 6.42 Å². The van der Waals surface area contributed by atoms with Gasteiger partial charge in [0.1, 0.15) is 6.29 Å². The van der Waals surface area contributed by atoms with E-state index in [9.17, 15) is 9.59 Å². The lowest BCUT2D eigenvalue weighted by molar-refractivity contribution is -0.137. The molecule has 0 aliphatic heterocycles. The molecule has 0 atom stereocenters. The van der Waals surface area contributed by atoms with Gasteiger partial charge in [0.05, 0.1) is 0 Å². The van der Waals surface area contributed by atoms with Crippen molar-refractivity contribution in [3.05, 3.63) is 24.3 Å². The summed E-state index contributed by atoms with van der Waals surface area (Å²) in [6.07, 6.45) is 11.5. The van der Waals surface area contributed by atoms with Gasteiger partial charge >= 0.3 is 5.97 Å². The second-order valence-corrected chi connectivity index (χ2v) is 2.87. The third-order valence-electron chi connectivity index (χ3n) is 1.60. The molecule has 0 rings (SSSR count). The van der Waals surface area contributed by atoms with Crippen LogP contribution in [0, 0.1) is 0 Å². The van der Waals surface area contributed by atoms with Gasteiger partial charge in [-0.15, -0.1) is 0 Å². The molecule has 78 valence electrons. The summed E-state index contributed by atoms with van der Waals surface area (Å²) in [5.41, 5.74) is 0. The van der Waals surface area contributed by atoms with Crippen molar-refractivity contribution in [1.29, 1.82) is 0 Å². The molecule has 0 aliphatic carbocycles. The predicted molar refractivity (Wildman–Crippen MR) is 55.1 cm³/mol. The molecular formula is C11H16O3. The molecule has 0 aromatic rings. The lowest BCUT2D eigenvalue weighted by Crippen LogP contribution is -1.92. The molecule has 0 spiro atoms. The van der Waals surface area contributed by atoms with Crippen LogP contribution in [0.5, 0.6) is 0 Å². The van der Waals surface area contributed by atoms with Crippen molar-refractivity contribution in [1.82, 2.24) is 0 Å². The number of unbranched alkanes of at least 4 members (excludes halogenated alkanes) is 1. The molecule has 0 saturated carbocycles. The van der Waals surface area contributed by atoms with Gasteiger partial charge in [0.15, 0.2) is 0 Å². The summed E-state index contributed by atoms with van der Waals surface area (Å²) in [4.78, 5) is 20.1. The van der Waals surface area contributed by atoms with Gasteiger partial charge in [-0.25, -0.2) is 0 Å². The van der Waals surface area contributed by atoms with Gasteiger partial charge in [-0.1, -0.05) is 24.3 Å². The quantitative estimate of drug-likeness (QED) is 0.368. The number of hydrogen-bond acceptors (Lipinski definition) is 2. The van der Waals surface area contributed by atoms with Crippen LogP contribution in [0.2, 0.25) is 0 Å². The second kappa shape index (κ2) is 9.71. The zero-order valence-electron chi connectivity index (χ0n) is 8.19. The van der Waals surface area contributed by atoms with Crippen LogP contribution < -0.4 is 0 Å². The van der Waals surface area contributed by atoms with Crippen molar-refractivity contribution in [2.24, 2.45) is 0 Å². The molecule has 0 radical (unpaired) electrons. The fourth-order valence-corrected chi connectivity index (χ4v) is 0.912. The Hall–Kier alpha value is -1.38. The summed E-state index contributed by atoms with van der Waals surface area (Å²) in [6.45, 7) is 0. The third-order valence-corrected chi connectivity index (χ3v) is 1.60. The van der Waals surface area contributed by atoms with Crippen LogP contribution >= 0.6 is 0 Å². The summed E-state index contributed by atoms with van der Waals surface area (Å²) in [7, 11) is 0. The SMILES string of the molecule is O=CC/C=C\C/C=C\CCCC(=O)O. The Bertz CT molecular complexity index is 217. The first-order valence-electron chi connectivity index (χ1n) is 4.72. The summed E-state index contributed by atoms with van der Waals surface area (Å²) >= 11 is 0. The predicted octanol–water partition coefficient (Wildman–Crippen LogP) is 2.33. The second-order valence-electron chi connectivity index (χ2n) is 2.87. The van der Waals surface area contributed by atoms with E-state index in [0.717, 1.165) is 19.1 Å². The van der Waals surface area contributed by atoms with Gasteiger partial charge in [0.25, 0.3) is 0 Å². The average molecular weight is 196 g/mol. The molecule has 3 heteroatoms. The number of aldehydes is 1. The third kappa shape index (κ3) is 10.6. The summed E-state index contributed by atoms with van der Waals surface area (Å²) in [6, 6.07) is 0. The monoisotopic (exact) mass is 196 g/mol. The van der Waals surface area contributed by atoms with Crippen LogP contribution in [0.1, 0.15) is 32.1 Å². The van der Waals surface area contributed by atoms with Gasteiger partial charge < -0.3 is 9.90 Å². The van der Waals surface area contributed by atoms with Crippen molar-refractivity contribution in [3.63, 3.8) is 0 Å². The highest BCUT2D eigenvalue weighted by molar-refractivity contribution is 5.66. The highest BCUT2D eigenvalue weighted by atomic mass is 16.4. The molecule has 0 bridgehead atoms. The molecule has 0 saturated heterocycles. The highest BCUT2D eigenvalue weighted by Crippen LogP contribution is 1.97. The zero-order valence-corrected chi connectivity index (χ0v) is 8.19. The Morgan fingerprint density at radius 3 is 2.36 bits per heavy atom. The Labute approximate surface area is 84.1 Å². The maximum absolute atomic E-state index is 10.1. The molecule has 1 N–H and O–H groups in total. The number of carboxylic acid groups (broad SMARTS) is 1. The van der Waals surface area contributed by atoms with Crippen LogP contribution in [0.3, 0.4) is 0 Å². The highest BCUT2D eigenvalue weighted by Gasteiger charge is 1.92. The minimum Gasteiger partial charge on any atom is -0.481 e. The molecule has 0 amide bonds. The Kier molecular flexibility index (Phi) is 8.75. The van der Waals surface area contributed by atoms with Gasteiger partial charge in [-0.05, 0) is 19.3 Å². The first-order chi connectivity index (χ1) is 6.77. The van der Waals surface area contributed by atoms with Crippen molar-refractivity contribution in [2.45, 2.75) is 32.1 Å². The lowest BCUT2D eigenvalue weighted by atomic mass is 10.2. The molecule has 0 aromatic carbocycles. The standard InChI is InChI=1S/C11H16O3/c12-10-8-6-4-2-1-3-5-7-9-11(13)14/h1,3-4,6,10H,2,5,7-9H2,(H,13,14)/b3-1-,6-4-. The number of aliphatic carboxylic acids is 1. The van der Waals surface area contributed by atoms with Crippen molar-refractivity contribution in [2.75, 3.05) is 0 Å². The van der Waals surface area contributed by atoms with E-state index < -0.39 is 5.97 Å². The molecule has 0 aromatic heterocycles. The molecule has 0 heterocycles. The van der Waals surface area contributed by atoms with Crippen LogP contribution in [0.25, 0.3) is 0 Å². The number of hydrogen-bond donors (Lipinski definition) is 1. The average Bonchev–Trinajstić information content (AvgIpc) is 2.15. The molecule has 0 aliphatic rings. The van der Waals surface area contributed by atoms with Crippen molar-refractivity contribution in [3.8, 4) is 0 Å². The Morgan fingerprint density at radius 2 is 1.71 bits per heavy atom. The summed E-state index contributed by atoms with van der Waals surface area (Å²) < 4.78 is 0. The van der Waals surface area contributed by atoms with Gasteiger partial charge in [-0.3, -0.25) is 4.79 Å². The maximum Gasteiger partial charge on any atom is 0.303 e. The number of rotatable bonds is 8. The van der Waals surface area contributed by atoms with Crippen LogP contribution in [0.15, 0.2) is 24.3 Å². The van der Waals surface area contributed by atoms with E-state index in [1.807, 2.05) is 24.3 Å². The topological polar surface area (TPSA) is 54.4 Å². The van der Waals surface area contributed by atoms with Gasteiger partial charge in [-0.2, -0.15) is 0 Å². The normalized spacial score (nSPS) is 11.1. The fraction of sp³-hybridized carbons (Fsp3) is 0.455. The minimum absolute atomic E-state index is 0.228. The number of carbonyl (C=O) groups excluding carboxylic acids is 1. The van der Waals surface area contributed by atoms with Crippen LogP contribution in [-0.4, -0.2) is 17.4 Å². The number of carboxylic acids is 1. The summed E-state index contributed by atoms with van der Waals surface area (Å²) in [5.74, 6) is -0.746. The summed E-state index contributed by atoms with van der Waals surface area (Å²) in [5, 5.41) is 8.34. The number of allylic oxidation sites excluding steroid dienone is 4. The first-order valence-corrected chi connectivity index (χ1v) is 4.72. The molecule has 0 fully saturated rings. The largest absolute Gasteiger partial charge is 0.481 e. The van der Waals surface area contributed by atoms with E-state index in [1.54, 1.807) is 0 Å². The van der Waals surface area contributed by atoms with Crippen LogP contribution in [0.4, 0.5) is 0 Å². The van der Waals surface area contributed by atoms with E-state index in [0.29, 0.717) is 12.8 Å². The Balaban J connectivity index is 3.27. The van der Waals surface area contributed by atoms with E-state index >= 15 is 0 Å². The lowest BCUT2D eigenvalue weighted by Gasteiger charge is -1.89. The first kappa shape index (κ1) is 12.6. The number of carbonyl (C=O) groups is 2. The molecular weight excluding hydrogens is 180 g/mol.